The van der Waals surface area contributed by atoms with Crippen LogP contribution >= 0.6 is 0 Å². The number of hydrogen-bond acceptors (Lipinski definition) is 5. The fourth-order valence-electron chi connectivity index (χ4n) is 2.65. The molecule has 0 saturated carbocycles. The van der Waals surface area contributed by atoms with E-state index in [0.717, 1.165) is 10.6 Å². The van der Waals surface area contributed by atoms with Crippen molar-refractivity contribution in [3.05, 3.63) is 65.2 Å². The summed E-state index contributed by atoms with van der Waals surface area (Å²) < 4.78 is 5.07. The van der Waals surface area contributed by atoms with E-state index in [1.807, 2.05) is 30.3 Å². The molecular formula is C20H18N2O4. The largest absolute Gasteiger partial charge is 0.504 e. The standard InChI is InChI=1S/C20H18N2O4/c1-13-16(10-15-8-9-17(23)18(11-15)26-2)20(25)22(21-13)19(24)12-14-6-4-3-5-7-14/h3-11,23H,12H2,1-2H3/b16-10-. The Morgan fingerprint density at radius 3 is 2.65 bits per heavy atom. The summed E-state index contributed by atoms with van der Waals surface area (Å²) in [4.78, 5) is 25.0. The quantitative estimate of drug-likeness (QED) is 0.860. The monoisotopic (exact) mass is 350 g/mol. The van der Waals surface area contributed by atoms with E-state index in [1.165, 1.54) is 13.2 Å². The van der Waals surface area contributed by atoms with Crippen LogP contribution in [0.1, 0.15) is 18.1 Å². The van der Waals surface area contributed by atoms with Crippen molar-refractivity contribution in [2.75, 3.05) is 7.11 Å². The van der Waals surface area contributed by atoms with Gasteiger partial charge in [-0.15, -0.1) is 0 Å². The number of carbonyl (C=O) groups excluding carboxylic acids is 2. The Morgan fingerprint density at radius 1 is 1.23 bits per heavy atom. The van der Waals surface area contributed by atoms with Crippen LogP contribution < -0.4 is 4.74 Å². The summed E-state index contributed by atoms with van der Waals surface area (Å²) in [6.45, 7) is 1.68. The second-order valence-electron chi connectivity index (χ2n) is 5.85. The van der Waals surface area contributed by atoms with Crippen molar-refractivity contribution in [2.45, 2.75) is 13.3 Å². The zero-order valence-electron chi connectivity index (χ0n) is 14.5. The number of amides is 2. The molecule has 6 nitrogen and oxygen atoms in total. The topological polar surface area (TPSA) is 79.2 Å². The van der Waals surface area contributed by atoms with E-state index in [1.54, 1.807) is 25.1 Å². The summed E-state index contributed by atoms with van der Waals surface area (Å²) in [5.74, 6) is -0.531. The van der Waals surface area contributed by atoms with Crippen molar-refractivity contribution in [1.82, 2.24) is 5.01 Å². The first-order valence-corrected chi connectivity index (χ1v) is 8.05. The van der Waals surface area contributed by atoms with Crippen LogP contribution in [-0.2, 0) is 16.0 Å². The van der Waals surface area contributed by atoms with Crippen molar-refractivity contribution < 1.29 is 19.4 Å². The summed E-state index contributed by atoms with van der Waals surface area (Å²) in [5, 5.41) is 14.7. The van der Waals surface area contributed by atoms with Gasteiger partial charge in [-0.1, -0.05) is 36.4 Å². The lowest BCUT2D eigenvalue weighted by atomic mass is 10.1. The molecule has 0 atom stereocenters. The van der Waals surface area contributed by atoms with Crippen LogP contribution in [0.25, 0.3) is 6.08 Å². The highest BCUT2D eigenvalue weighted by Gasteiger charge is 2.32. The highest BCUT2D eigenvalue weighted by atomic mass is 16.5. The molecule has 2 aromatic carbocycles. The summed E-state index contributed by atoms with van der Waals surface area (Å²) in [7, 11) is 1.45. The van der Waals surface area contributed by atoms with E-state index in [4.69, 9.17) is 4.74 Å². The maximum Gasteiger partial charge on any atom is 0.283 e. The minimum absolute atomic E-state index is 0.0115. The first-order valence-electron chi connectivity index (χ1n) is 8.05. The molecule has 0 spiro atoms. The average Bonchev–Trinajstić information content (AvgIpc) is 2.92. The highest BCUT2D eigenvalue weighted by molar-refractivity contribution is 6.29. The number of imide groups is 1. The molecule has 6 heteroatoms. The van der Waals surface area contributed by atoms with E-state index in [2.05, 4.69) is 5.10 Å². The average molecular weight is 350 g/mol. The lowest BCUT2D eigenvalue weighted by Gasteiger charge is -2.10. The van der Waals surface area contributed by atoms with Crippen LogP contribution in [-0.4, -0.2) is 34.8 Å². The fourth-order valence-corrected chi connectivity index (χ4v) is 2.65. The molecule has 132 valence electrons. The molecule has 1 aliphatic heterocycles. The van der Waals surface area contributed by atoms with Crippen molar-refractivity contribution >= 4 is 23.6 Å². The normalized spacial score (nSPS) is 15.3. The number of methoxy groups -OCH3 is 1. The first-order chi connectivity index (χ1) is 12.5. The third kappa shape index (κ3) is 3.49. The van der Waals surface area contributed by atoms with Gasteiger partial charge in [0.05, 0.1) is 24.8 Å². The third-order valence-electron chi connectivity index (χ3n) is 4.01. The predicted molar refractivity (Wildman–Crippen MR) is 97.7 cm³/mol. The number of rotatable bonds is 4. The number of benzene rings is 2. The fraction of sp³-hybridized carbons (Fsp3) is 0.150. The molecule has 1 N–H and O–H groups in total. The van der Waals surface area contributed by atoms with Gasteiger partial charge in [0.2, 0.25) is 0 Å². The molecule has 3 rings (SSSR count). The molecule has 2 amide bonds. The SMILES string of the molecule is COc1cc(/C=C2\C(=O)N(C(=O)Cc3ccccc3)N=C2C)ccc1O. The number of nitrogens with zero attached hydrogens (tertiary/aromatic N) is 2. The smallest absolute Gasteiger partial charge is 0.283 e. The number of carbonyl (C=O) groups is 2. The van der Waals surface area contributed by atoms with Gasteiger partial charge in [0.15, 0.2) is 11.5 Å². The van der Waals surface area contributed by atoms with Crippen LogP contribution in [0.2, 0.25) is 0 Å². The zero-order valence-corrected chi connectivity index (χ0v) is 14.5. The van der Waals surface area contributed by atoms with E-state index in [-0.39, 0.29) is 18.1 Å². The van der Waals surface area contributed by atoms with Gasteiger partial charge in [-0.05, 0) is 36.3 Å². The van der Waals surface area contributed by atoms with Gasteiger partial charge in [0.25, 0.3) is 11.8 Å². The lowest BCUT2D eigenvalue weighted by molar-refractivity contribution is -0.141. The Hall–Kier alpha value is -3.41. The van der Waals surface area contributed by atoms with E-state index in [0.29, 0.717) is 22.6 Å². The first kappa shape index (κ1) is 17.4. The van der Waals surface area contributed by atoms with Gasteiger partial charge >= 0.3 is 0 Å². The van der Waals surface area contributed by atoms with E-state index < -0.39 is 5.91 Å². The van der Waals surface area contributed by atoms with Gasteiger partial charge in [-0.3, -0.25) is 9.59 Å². The molecule has 0 aromatic heterocycles. The summed E-state index contributed by atoms with van der Waals surface area (Å²) >= 11 is 0. The van der Waals surface area contributed by atoms with Crippen LogP contribution in [0.3, 0.4) is 0 Å². The summed E-state index contributed by atoms with van der Waals surface area (Å²) in [6.07, 6.45) is 1.72. The van der Waals surface area contributed by atoms with Gasteiger partial charge in [0.1, 0.15) is 0 Å². The van der Waals surface area contributed by atoms with Crippen molar-refractivity contribution in [3.63, 3.8) is 0 Å². The third-order valence-corrected chi connectivity index (χ3v) is 4.01. The molecule has 1 heterocycles. The van der Waals surface area contributed by atoms with Crippen molar-refractivity contribution in [3.8, 4) is 11.5 Å². The van der Waals surface area contributed by atoms with Crippen LogP contribution in [0.5, 0.6) is 11.5 Å². The molecule has 2 aromatic rings. The second-order valence-corrected chi connectivity index (χ2v) is 5.85. The van der Waals surface area contributed by atoms with Crippen LogP contribution in [0.4, 0.5) is 0 Å². The number of aromatic hydroxyl groups is 1. The second kappa shape index (κ2) is 7.23. The Labute approximate surface area is 151 Å². The maximum atomic E-state index is 12.6. The number of hydrazone groups is 1. The molecule has 0 unspecified atom stereocenters. The number of hydrogen-bond donors (Lipinski definition) is 1. The van der Waals surface area contributed by atoms with Gasteiger partial charge < -0.3 is 9.84 Å². The van der Waals surface area contributed by atoms with E-state index in [9.17, 15) is 14.7 Å². The van der Waals surface area contributed by atoms with Crippen LogP contribution in [0.15, 0.2) is 59.2 Å². The lowest BCUT2D eigenvalue weighted by Crippen LogP contribution is -2.30. The highest BCUT2D eigenvalue weighted by Crippen LogP contribution is 2.28. The minimum atomic E-state index is -0.463. The van der Waals surface area contributed by atoms with Crippen molar-refractivity contribution in [1.29, 1.82) is 0 Å². The minimum Gasteiger partial charge on any atom is -0.504 e. The molecule has 1 aliphatic rings. The Morgan fingerprint density at radius 2 is 1.96 bits per heavy atom. The van der Waals surface area contributed by atoms with E-state index >= 15 is 0 Å². The van der Waals surface area contributed by atoms with Gasteiger partial charge in [-0.2, -0.15) is 10.1 Å². The van der Waals surface area contributed by atoms with Gasteiger partial charge in [0, 0.05) is 0 Å². The number of ether oxygens (including phenoxy) is 1. The predicted octanol–water partition coefficient (Wildman–Crippen LogP) is 2.77. The molecule has 0 bridgehead atoms. The summed E-state index contributed by atoms with van der Waals surface area (Å²) in [6, 6.07) is 13.9. The number of phenolic OH excluding ortho intramolecular Hbond substituents is 1. The maximum absolute atomic E-state index is 12.6. The Balaban J connectivity index is 1.82. The molecule has 26 heavy (non-hydrogen) atoms. The number of phenols is 1. The summed E-state index contributed by atoms with van der Waals surface area (Å²) in [5.41, 5.74) is 2.27. The van der Waals surface area contributed by atoms with Gasteiger partial charge in [-0.25, -0.2) is 0 Å². The molecule has 0 radical (unpaired) electrons. The molecule has 0 aliphatic carbocycles. The Kier molecular flexibility index (Phi) is 4.84. The Bertz CT molecular complexity index is 917. The zero-order chi connectivity index (χ0) is 18.7. The molecule has 0 fully saturated rings. The molecular weight excluding hydrogens is 332 g/mol. The molecule has 0 saturated heterocycles. The van der Waals surface area contributed by atoms with Crippen LogP contribution in [0, 0.1) is 0 Å². The van der Waals surface area contributed by atoms with Crippen molar-refractivity contribution in [2.24, 2.45) is 5.10 Å².